The highest BCUT2D eigenvalue weighted by Crippen LogP contribution is 2.30. The zero-order chi connectivity index (χ0) is 13.0. The number of nitrogens with zero attached hydrogens (tertiary/aromatic N) is 2. The van der Waals surface area contributed by atoms with Gasteiger partial charge in [0.05, 0.1) is 12.0 Å². The molecule has 1 saturated carbocycles. The van der Waals surface area contributed by atoms with Gasteiger partial charge in [-0.3, -0.25) is 0 Å². The lowest BCUT2D eigenvalue weighted by Gasteiger charge is -2.28. The van der Waals surface area contributed by atoms with E-state index < -0.39 is 0 Å². The molecule has 0 aliphatic heterocycles. The Morgan fingerprint density at radius 3 is 2.89 bits per heavy atom. The van der Waals surface area contributed by atoms with Gasteiger partial charge in [0, 0.05) is 25.3 Å². The Hall–Kier alpha value is -0.830. The molecule has 0 aromatic carbocycles. The maximum absolute atomic E-state index is 4.48. The predicted octanol–water partition coefficient (Wildman–Crippen LogP) is 3.21. The molecular formula is C15H27N3. The van der Waals surface area contributed by atoms with E-state index in [4.69, 9.17) is 0 Å². The van der Waals surface area contributed by atoms with Crippen molar-refractivity contribution in [2.24, 2.45) is 11.8 Å². The third-order valence-electron chi connectivity index (χ3n) is 4.11. The Balaban J connectivity index is 1.85. The number of imidazole rings is 1. The van der Waals surface area contributed by atoms with Gasteiger partial charge in [-0.25, -0.2) is 4.98 Å². The first-order valence-corrected chi connectivity index (χ1v) is 7.39. The Bertz CT molecular complexity index is 356. The highest BCUT2D eigenvalue weighted by Gasteiger charge is 2.21. The molecule has 0 saturated heterocycles. The second-order valence-electron chi connectivity index (χ2n) is 6.12. The van der Waals surface area contributed by atoms with Gasteiger partial charge in [0.15, 0.2) is 0 Å². The molecule has 1 heterocycles. The lowest BCUT2D eigenvalue weighted by molar-refractivity contribution is 0.228. The lowest BCUT2D eigenvalue weighted by atomic mass is 9.80. The number of hydrogen-bond donors (Lipinski definition) is 1. The van der Waals surface area contributed by atoms with Crippen molar-refractivity contribution in [1.29, 1.82) is 0 Å². The molecule has 1 aromatic rings. The molecule has 0 amide bonds. The maximum Gasteiger partial charge on any atom is 0.0950 e. The predicted molar refractivity (Wildman–Crippen MR) is 75.3 cm³/mol. The van der Waals surface area contributed by atoms with Gasteiger partial charge >= 0.3 is 0 Å². The molecule has 1 fully saturated rings. The fourth-order valence-corrected chi connectivity index (χ4v) is 2.84. The van der Waals surface area contributed by atoms with Gasteiger partial charge in [0.25, 0.3) is 0 Å². The standard InChI is InChI=1S/C15H27N3/c1-12(2)16-8-15-10-18(11-17-15)9-14-7-5-4-6-13(14)3/h10-14,16H,4-9H2,1-3H3. The highest BCUT2D eigenvalue weighted by molar-refractivity contribution is 4.96. The van der Waals surface area contributed by atoms with Gasteiger partial charge in [-0.05, 0) is 18.3 Å². The molecular weight excluding hydrogens is 222 g/mol. The van der Waals surface area contributed by atoms with Crippen LogP contribution in [0.2, 0.25) is 0 Å². The minimum atomic E-state index is 0.522. The van der Waals surface area contributed by atoms with E-state index >= 15 is 0 Å². The van der Waals surface area contributed by atoms with Crippen molar-refractivity contribution in [2.75, 3.05) is 0 Å². The molecule has 2 rings (SSSR count). The fraction of sp³-hybridized carbons (Fsp3) is 0.800. The average molecular weight is 249 g/mol. The minimum absolute atomic E-state index is 0.522. The number of rotatable bonds is 5. The smallest absolute Gasteiger partial charge is 0.0950 e. The first-order valence-electron chi connectivity index (χ1n) is 7.39. The minimum Gasteiger partial charge on any atom is -0.337 e. The van der Waals surface area contributed by atoms with Crippen LogP contribution < -0.4 is 5.32 Å². The van der Waals surface area contributed by atoms with Gasteiger partial charge in [-0.1, -0.05) is 40.0 Å². The van der Waals surface area contributed by atoms with Crippen molar-refractivity contribution in [2.45, 2.75) is 65.6 Å². The quantitative estimate of drug-likeness (QED) is 0.868. The number of nitrogens with one attached hydrogen (secondary N) is 1. The summed E-state index contributed by atoms with van der Waals surface area (Å²) in [4.78, 5) is 4.48. The molecule has 1 aromatic heterocycles. The van der Waals surface area contributed by atoms with Gasteiger partial charge in [0.1, 0.15) is 0 Å². The zero-order valence-corrected chi connectivity index (χ0v) is 12.0. The molecule has 3 heteroatoms. The zero-order valence-electron chi connectivity index (χ0n) is 12.0. The summed E-state index contributed by atoms with van der Waals surface area (Å²) in [6, 6.07) is 0.522. The van der Waals surface area contributed by atoms with Gasteiger partial charge in [-0.2, -0.15) is 0 Å². The van der Waals surface area contributed by atoms with E-state index in [0.717, 1.165) is 30.6 Å². The molecule has 0 spiro atoms. The summed E-state index contributed by atoms with van der Waals surface area (Å²) < 4.78 is 2.28. The van der Waals surface area contributed by atoms with Crippen LogP contribution in [0.25, 0.3) is 0 Å². The van der Waals surface area contributed by atoms with Gasteiger partial charge < -0.3 is 9.88 Å². The third kappa shape index (κ3) is 3.84. The SMILES string of the molecule is CC(C)NCc1cn(CC2CCCCC2C)cn1. The van der Waals surface area contributed by atoms with Crippen molar-refractivity contribution in [3.63, 3.8) is 0 Å². The summed E-state index contributed by atoms with van der Waals surface area (Å²) in [5, 5.41) is 3.41. The molecule has 102 valence electrons. The Morgan fingerprint density at radius 1 is 1.39 bits per heavy atom. The van der Waals surface area contributed by atoms with Crippen LogP contribution >= 0.6 is 0 Å². The van der Waals surface area contributed by atoms with Crippen LogP contribution in [0.4, 0.5) is 0 Å². The second-order valence-corrected chi connectivity index (χ2v) is 6.12. The largest absolute Gasteiger partial charge is 0.337 e. The van der Waals surface area contributed by atoms with Crippen molar-refractivity contribution < 1.29 is 0 Å². The molecule has 1 N–H and O–H groups in total. The first kappa shape index (κ1) is 13.6. The summed E-state index contributed by atoms with van der Waals surface area (Å²) in [7, 11) is 0. The van der Waals surface area contributed by atoms with Gasteiger partial charge in [0.2, 0.25) is 0 Å². The van der Waals surface area contributed by atoms with Crippen LogP contribution in [-0.4, -0.2) is 15.6 Å². The van der Waals surface area contributed by atoms with E-state index in [1.54, 1.807) is 0 Å². The monoisotopic (exact) mass is 249 g/mol. The molecule has 3 nitrogen and oxygen atoms in total. The van der Waals surface area contributed by atoms with E-state index in [-0.39, 0.29) is 0 Å². The van der Waals surface area contributed by atoms with Crippen LogP contribution in [0, 0.1) is 11.8 Å². The summed E-state index contributed by atoms with van der Waals surface area (Å²) in [6.07, 6.45) is 9.83. The molecule has 2 atom stereocenters. The number of aromatic nitrogens is 2. The highest BCUT2D eigenvalue weighted by atomic mass is 15.0. The van der Waals surface area contributed by atoms with Crippen molar-refractivity contribution in [3.8, 4) is 0 Å². The van der Waals surface area contributed by atoms with Crippen LogP contribution in [-0.2, 0) is 13.1 Å². The molecule has 2 unspecified atom stereocenters. The van der Waals surface area contributed by atoms with Crippen LogP contribution in [0.3, 0.4) is 0 Å². The second kappa shape index (κ2) is 6.37. The van der Waals surface area contributed by atoms with Crippen LogP contribution in [0.1, 0.15) is 52.1 Å². The third-order valence-corrected chi connectivity index (χ3v) is 4.11. The lowest BCUT2D eigenvalue weighted by Crippen LogP contribution is -2.22. The molecule has 18 heavy (non-hydrogen) atoms. The Labute approximate surface area is 111 Å². The molecule has 1 aliphatic carbocycles. The van der Waals surface area contributed by atoms with E-state index in [1.807, 2.05) is 6.33 Å². The summed E-state index contributed by atoms with van der Waals surface area (Å²) >= 11 is 0. The topological polar surface area (TPSA) is 29.9 Å². The Kier molecular flexibility index (Phi) is 4.81. The Morgan fingerprint density at radius 2 is 2.17 bits per heavy atom. The van der Waals surface area contributed by atoms with Crippen molar-refractivity contribution >= 4 is 0 Å². The van der Waals surface area contributed by atoms with E-state index in [0.29, 0.717) is 6.04 Å². The van der Waals surface area contributed by atoms with Gasteiger partial charge in [-0.15, -0.1) is 0 Å². The maximum atomic E-state index is 4.48. The number of hydrogen-bond acceptors (Lipinski definition) is 2. The van der Waals surface area contributed by atoms with Crippen molar-refractivity contribution in [3.05, 3.63) is 18.2 Å². The van der Waals surface area contributed by atoms with E-state index in [9.17, 15) is 0 Å². The van der Waals surface area contributed by atoms with Crippen LogP contribution in [0.15, 0.2) is 12.5 Å². The average Bonchev–Trinajstić information content (AvgIpc) is 2.77. The summed E-state index contributed by atoms with van der Waals surface area (Å²) in [6.45, 7) is 8.77. The van der Waals surface area contributed by atoms with E-state index in [2.05, 4.69) is 41.8 Å². The van der Waals surface area contributed by atoms with Crippen LogP contribution in [0.5, 0.6) is 0 Å². The summed E-state index contributed by atoms with van der Waals surface area (Å²) in [5.74, 6) is 1.72. The van der Waals surface area contributed by atoms with E-state index in [1.165, 1.54) is 25.7 Å². The normalized spacial score (nSPS) is 24.7. The molecule has 0 bridgehead atoms. The fourth-order valence-electron chi connectivity index (χ4n) is 2.84. The first-order chi connectivity index (χ1) is 8.65. The summed E-state index contributed by atoms with van der Waals surface area (Å²) in [5.41, 5.74) is 1.16. The molecule has 1 aliphatic rings. The molecule has 0 radical (unpaired) electrons. The van der Waals surface area contributed by atoms with Crippen molar-refractivity contribution in [1.82, 2.24) is 14.9 Å².